The van der Waals surface area contributed by atoms with Crippen LogP contribution >= 0.6 is 0 Å². The van der Waals surface area contributed by atoms with Crippen molar-refractivity contribution in [3.05, 3.63) is 41.7 Å². The predicted octanol–water partition coefficient (Wildman–Crippen LogP) is 1.22. The average molecular weight is 289 g/mol. The Morgan fingerprint density at radius 3 is 2.52 bits per heavy atom. The molecule has 0 unspecified atom stereocenters. The van der Waals surface area contributed by atoms with Gasteiger partial charge < -0.3 is 15.0 Å². The van der Waals surface area contributed by atoms with Crippen molar-refractivity contribution in [1.29, 1.82) is 0 Å². The number of nitrogens with zero attached hydrogens (tertiary/aromatic N) is 4. The predicted molar refractivity (Wildman–Crippen MR) is 82.1 cm³/mol. The van der Waals surface area contributed by atoms with Gasteiger partial charge in [-0.1, -0.05) is 17.3 Å². The van der Waals surface area contributed by atoms with E-state index in [0.717, 1.165) is 24.5 Å². The molecule has 1 aromatic heterocycles. The summed E-state index contributed by atoms with van der Waals surface area (Å²) in [6.07, 6.45) is 1.79. The van der Waals surface area contributed by atoms with E-state index in [0.29, 0.717) is 0 Å². The SMILES string of the molecule is COc1ccc([C@@H](CN(C)C)NCc2cnnn2C)cc1. The molecule has 1 aromatic carbocycles. The minimum absolute atomic E-state index is 0.237. The molecule has 0 saturated heterocycles. The van der Waals surface area contributed by atoms with Gasteiger partial charge in [0.2, 0.25) is 0 Å². The maximum absolute atomic E-state index is 5.21. The normalized spacial score (nSPS) is 12.6. The van der Waals surface area contributed by atoms with Crippen molar-refractivity contribution in [3.8, 4) is 5.75 Å². The number of ether oxygens (including phenoxy) is 1. The van der Waals surface area contributed by atoms with Crippen LogP contribution in [0.25, 0.3) is 0 Å². The van der Waals surface area contributed by atoms with Gasteiger partial charge in [0.05, 0.1) is 19.0 Å². The van der Waals surface area contributed by atoms with Gasteiger partial charge in [0.15, 0.2) is 0 Å². The Bertz CT molecular complexity index is 549. The second-order valence-electron chi connectivity index (χ2n) is 5.32. The third-order valence-corrected chi connectivity index (χ3v) is 3.40. The summed E-state index contributed by atoms with van der Waals surface area (Å²) in [4.78, 5) is 2.17. The van der Waals surface area contributed by atoms with E-state index in [2.05, 4.69) is 46.8 Å². The van der Waals surface area contributed by atoms with E-state index in [9.17, 15) is 0 Å². The second-order valence-corrected chi connectivity index (χ2v) is 5.32. The zero-order valence-electron chi connectivity index (χ0n) is 13.1. The van der Waals surface area contributed by atoms with Crippen molar-refractivity contribution < 1.29 is 4.74 Å². The number of nitrogens with one attached hydrogen (secondary N) is 1. The van der Waals surface area contributed by atoms with Crippen molar-refractivity contribution in [1.82, 2.24) is 25.2 Å². The van der Waals surface area contributed by atoms with Crippen LogP contribution in [0, 0.1) is 0 Å². The first kappa shape index (κ1) is 15.5. The number of likely N-dealkylation sites (N-methyl/N-ethyl adjacent to an activating group) is 1. The molecule has 0 aliphatic rings. The second kappa shape index (κ2) is 7.19. The highest BCUT2D eigenvalue weighted by Crippen LogP contribution is 2.18. The van der Waals surface area contributed by atoms with Gasteiger partial charge in [0.1, 0.15) is 5.75 Å². The fourth-order valence-corrected chi connectivity index (χ4v) is 2.19. The summed E-state index contributed by atoms with van der Waals surface area (Å²) in [5, 5.41) is 11.4. The lowest BCUT2D eigenvalue weighted by atomic mass is 10.1. The Morgan fingerprint density at radius 1 is 1.29 bits per heavy atom. The molecule has 2 rings (SSSR count). The van der Waals surface area contributed by atoms with E-state index < -0.39 is 0 Å². The number of hydrogen-bond donors (Lipinski definition) is 1. The molecule has 1 heterocycles. The molecule has 0 aliphatic carbocycles. The van der Waals surface area contributed by atoms with Gasteiger partial charge >= 0.3 is 0 Å². The topological polar surface area (TPSA) is 55.2 Å². The minimum atomic E-state index is 0.237. The molecule has 6 nitrogen and oxygen atoms in total. The molecule has 0 amide bonds. The van der Waals surface area contributed by atoms with Crippen LogP contribution in [0.5, 0.6) is 5.75 Å². The maximum Gasteiger partial charge on any atom is 0.118 e. The van der Waals surface area contributed by atoms with Gasteiger partial charge in [-0.05, 0) is 31.8 Å². The molecule has 0 bridgehead atoms. The zero-order valence-corrected chi connectivity index (χ0v) is 13.1. The molecule has 0 spiro atoms. The van der Waals surface area contributed by atoms with Crippen LogP contribution < -0.4 is 10.1 Å². The smallest absolute Gasteiger partial charge is 0.118 e. The first-order valence-corrected chi connectivity index (χ1v) is 6.95. The number of aromatic nitrogens is 3. The molecule has 1 N–H and O–H groups in total. The Balaban J connectivity index is 2.07. The zero-order chi connectivity index (χ0) is 15.2. The van der Waals surface area contributed by atoms with Gasteiger partial charge in [-0.2, -0.15) is 0 Å². The molecule has 6 heteroatoms. The quantitative estimate of drug-likeness (QED) is 0.830. The molecule has 0 fully saturated rings. The number of hydrogen-bond acceptors (Lipinski definition) is 5. The molecule has 0 radical (unpaired) electrons. The summed E-state index contributed by atoms with van der Waals surface area (Å²) in [5.74, 6) is 0.873. The Morgan fingerprint density at radius 2 is 2.00 bits per heavy atom. The Hall–Kier alpha value is -1.92. The monoisotopic (exact) mass is 289 g/mol. The fraction of sp³-hybridized carbons (Fsp3) is 0.467. The van der Waals surface area contributed by atoms with Crippen molar-refractivity contribution in [2.24, 2.45) is 7.05 Å². The first-order valence-electron chi connectivity index (χ1n) is 6.95. The minimum Gasteiger partial charge on any atom is -0.497 e. The molecule has 0 saturated carbocycles. The van der Waals surface area contributed by atoms with Crippen LogP contribution in [-0.2, 0) is 13.6 Å². The summed E-state index contributed by atoms with van der Waals surface area (Å²) < 4.78 is 7.00. The molecule has 0 aliphatic heterocycles. The standard InChI is InChI=1S/C15H23N5O/c1-19(2)11-15(12-5-7-14(21-4)8-6-12)16-9-13-10-17-18-20(13)3/h5-8,10,15-16H,9,11H2,1-4H3/t15-/m1/s1. The van der Waals surface area contributed by atoms with Crippen LogP contribution in [0.2, 0.25) is 0 Å². The lowest BCUT2D eigenvalue weighted by Gasteiger charge is -2.23. The summed E-state index contributed by atoms with van der Waals surface area (Å²) in [5.41, 5.74) is 2.30. The molecule has 21 heavy (non-hydrogen) atoms. The Labute approximate surface area is 125 Å². The van der Waals surface area contributed by atoms with Crippen molar-refractivity contribution >= 4 is 0 Å². The fourth-order valence-electron chi connectivity index (χ4n) is 2.19. The molecule has 114 valence electrons. The van der Waals surface area contributed by atoms with Gasteiger partial charge in [-0.25, -0.2) is 0 Å². The van der Waals surface area contributed by atoms with Crippen molar-refractivity contribution in [3.63, 3.8) is 0 Å². The highest BCUT2D eigenvalue weighted by Gasteiger charge is 2.13. The van der Waals surface area contributed by atoms with Crippen LogP contribution in [0.1, 0.15) is 17.3 Å². The van der Waals surface area contributed by atoms with Gasteiger partial charge in [0.25, 0.3) is 0 Å². The molecular weight excluding hydrogens is 266 g/mol. The largest absolute Gasteiger partial charge is 0.497 e. The van der Waals surface area contributed by atoms with Crippen LogP contribution in [0.15, 0.2) is 30.5 Å². The van der Waals surface area contributed by atoms with Crippen molar-refractivity contribution in [2.45, 2.75) is 12.6 Å². The lowest BCUT2D eigenvalue weighted by Crippen LogP contribution is -2.31. The van der Waals surface area contributed by atoms with E-state index in [-0.39, 0.29) is 6.04 Å². The highest BCUT2D eigenvalue weighted by atomic mass is 16.5. The van der Waals surface area contributed by atoms with Crippen LogP contribution in [-0.4, -0.2) is 47.6 Å². The van der Waals surface area contributed by atoms with Gasteiger partial charge in [-0.3, -0.25) is 4.68 Å². The van der Waals surface area contributed by atoms with Crippen LogP contribution in [0.3, 0.4) is 0 Å². The molecular formula is C15H23N5O. The lowest BCUT2D eigenvalue weighted by molar-refractivity contribution is 0.338. The number of benzene rings is 1. The van der Waals surface area contributed by atoms with Gasteiger partial charge in [0, 0.05) is 26.2 Å². The molecule has 1 atom stereocenters. The number of methoxy groups -OCH3 is 1. The maximum atomic E-state index is 5.21. The van der Waals surface area contributed by atoms with E-state index >= 15 is 0 Å². The third-order valence-electron chi connectivity index (χ3n) is 3.40. The summed E-state index contributed by atoms with van der Waals surface area (Å²) in [6.45, 7) is 1.64. The average Bonchev–Trinajstić information content (AvgIpc) is 2.88. The summed E-state index contributed by atoms with van der Waals surface area (Å²) in [6, 6.07) is 8.42. The van der Waals surface area contributed by atoms with Gasteiger partial charge in [-0.15, -0.1) is 5.10 Å². The van der Waals surface area contributed by atoms with Crippen molar-refractivity contribution in [2.75, 3.05) is 27.7 Å². The summed E-state index contributed by atoms with van der Waals surface area (Å²) >= 11 is 0. The first-order chi connectivity index (χ1) is 10.1. The van der Waals surface area contributed by atoms with E-state index in [1.165, 1.54) is 5.56 Å². The number of aryl methyl sites for hydroxylation is 1. The molecule has 2 aromatic rings. The van der Waals surface area contributed by atoms with Crippen LogP contribution in [0.4, 0.5) is 0 Å². The van der Waals surface area contributed by atoms with E-state index in [1.54, 1.807) is 18.0 Å². The summed E-state index contributed by atoms with van der Waals surface area (Å²) in [7, 11) is 7.73. The number of rotatable bonds is 7. The van der Waals surface area contributed by atoms with E-state index in [1.807, 2.05) is 19.2 Å². The third kappa shape index (κ3) is 4.27. The van der Waals surface area contributed by atoms with E-state index in [4.69, 9.17) is 4.74 Å². The Kier molecular flexibility index (Phi) is 5.30. The highest BCUT2D eigenvalue weighted by molar-refractivity contribution is 5.29.